The zero-order valence-electron chi connectivity index (χ0n) is 12.0. The highest BCUT2D eigenvalue weighted by molar-refractivity contribution is 5.75. The molecule has 18 heavy (non-hydrogen) atoms. The van der Waals surface area contributed by atoms with Crippen molar-refractivity contribution in [3.8, 4) is 0 Å². The van der Waals surface area contributed by atoms with Gasteiger partial charge in [-0.25, -0.2) is 5.43 Å². The quantitative estimate of drug-likeness (QED) is 0.637. The van der Waals surface area contributed by atoms with Crippen molar-refractivity contribution in [2.45, 2.75) is 77.6 Å². The van der Waals surface area contributed by atoms with Crippen LogP contribution in [0.5, 0.6) is 0 Å². The summed E-state index contributed by atoms with van der Waals surface area (Å²) in [5, 5.41) is 1.82. The van der Waals surface area contributed by atoms with E-state index in [0.29, 0.717) is 5.91 Å². The minimum absolute atomic E-state index is 0.292. The molecule has 0 aromatic heterocycles. The third-order valence-electron chi connectivity index (χ3n) is 3.66. The van der Waals surface area contributed by atoms with Crippen molar-refractivity contribution in [2.75, 3.05) is 13.1 Å². The first-order chi connectivity index (χ1) is 8.84. The van der Waals surface area contributed by atoms with Crippen LogP contribution >= 0.6 is 0 Å². The van der Waals surface area contributed by atoms with E-state index in [-0.39, 0.29) is 0 Å². The van der Waals surface area contributed by atoms with Gasteiger partial charge in [-0.2, -0.15) is 0 Å². The van der Waals surface area contributed by atoms with Gasteiger partial charge in [0.15, 0.2) is 0 Å². The van der Waals surface area contributed by atoms with Gasteiger partial charge < -0.3 is 0 Å². The molecular formula is C15H30N2O. The molecule has 1 fully saturated rings. The minimum atomic E-state index is 0.292. The number of amides is 1. The fourth-order valence-corrected chi connectivity index (χ4v) is 2.45. The molecule has 0 unspecified atom stereocenters. The molecule has 0 aliphatic carbocycles. The monoisotopic (exact) mass is 254 g/mol. The summed E-state index contributed by atoms with van der Waals surface area (Å²) in [6.45, 7) is 4.11. The van der Waals surface area contributed by atoms with Gasteiger partial charge in [0.1, 0.15) is 0 Å². The normalized spacial score (nSPS) is 15.9. The van der Waals surface area contributed by atoms with Gasteiger partial charge in [-0.3, -0.25) is 9.80 Å². The van der Waals surface area contributed by atoms with Gasteiger partial charge in [-0.1, -0.05) is 51.9 Å². The molecule has 3 nitrogen and oxygen atoms in total. The van der Waals surface area contributed by atoms with Gasteiger partial charge in [-0.05, 0) is 19.3 Å². The molecule has 0 atom stereocenters. The summed E-state index contributed by atoms with van der Waals surface area (Å²) >= 11 is 0. The molecule has 1 aliphatic heterocycles. The van der Waals surface area contributed by atoms with Crippen LogP contribution in [0.25, 0.3) is 0 Å². The largest absolute Gasteiger partial charge is 0.278 e. The molecule has 0 spiro atoms. The Balaban J connectivity index is 1.89. The lowest BCUT2D eigenvalue weighted by molar-refractivity contribution is -0.135. The number of rotatable bonds is 9. The summed E-state index contributed by atoms with van der Waals surface area (Å²) < 4.78 is 0. The maximum absolute atomic E-state index is 11.8. The molecule has 106 valence electrons. The van der Waals surface area contributed by atoms with Crippen LogP contribution in [0, 0.1) is 0 Å². The van der Waals surface area contributed by atoms with Crippen LogP contribution in [0.15, 0.2) is 0 Å². The van der Waals surface area contributed by atoms with Crippen LogP contribution in [0.2, 0.25) is 0 Å². The molecule has 1 rings (SSSR count). The number of nitrogens with one attached hydrogen (secondary N) is 1. The highest BCUT2D eigenvalue weighted by Crippen LogP contribution is 2.10. The average Bonchev–Trinajstić information content (AvgIpc) is 2.42. The van der Waals surface area contributed by atoms with Crippen LogP contribution in [0.4, 0.5) is 0 Å². The molecule has 0 saturated carbocycles. The van der Waals surface area contributed by atoms with Crippen molar-refractivity contribution in [2.24, 2.45) is 0 Å². The maximum Gasteiger partial charge on any atom is 0.236 e. The number of hydrogen-bond acceptors (Lipinski definition) is 2. The van der Waals surface area contributed by atoms with E-state index in [2.05, 4.69) is 12.3 Å². The molecule has 0 aromatic rings. The van der Waals surface area contributed by atoms with Crippen molar-refractivity contribution in [1.29, 1.82) is 0 Å². The van der Waals surface area contributed by atoms with Crippen molar-refractivity contribution in [3.63, 3.8) is 0 Å². The zero-order valence-corrected chi connectivity index (χ0v) is 12.0. The van der Waals surface area contributed by atoms with Crippen LogP contribution in [-0.2, 0) is 4.79 Å². The van der Waals surface area contributed by atoms with E-state index in [9.17, 15) is 4.79 Å². The van der Waals surface area contributed by atoms with Crippen LogP contribution < -0.4 is 5.43 Å². The first-order valence-corrected chi connectivity index (χ1v) is 7.88. The first kappa shape index (κ1) is 15.5. The van der Waals surface area contributed by atoms with Gasteiger partial charge in [-0.15, -0.1) is 0 Å². The van der Waals surface area contributed by atoms with E-state index in [4.69, 9.17) is 0 Å². The predicted molar refractivity (Wildman–Crippen MR) is 76.2 cm³/mol. The molecule has 1 heterocycles. The lowest BCUT2D eigenvalue weighted by atomic mass is 10.1. The predicted octanol–water partition coefficient (Wildman–Crippen LogP) is 3.64. The lowest BCUT2D eigenvalue weighted by Crippen LogP contribution is -2.46. The van der Waals surface area contributed by atoms with Crippen molar-refractivity contribution in [1.82, 2.24) is 10.4 Å². The third-order valence-corrected chi connectivity index (χ3v) is 3.66. The summed E-state index contributed by atoms with van der Waals surface area (Å²) in [7, 11) is 0. The average molecular weight is 254 g/mol. The van der Waals surface area contributed by atoms with E-state index in [0.717, 1.165) is 32.4 Å². The fraction of sp³-hybridized carbons (Fsp3) is 0.933. The summed E-state index contributed by atoms with van der Waals surface area (Å²) in [6.07, 6.45) is 13.4. The van der Waals surface area contributed by atoms with Gasteiger partial charge in [0.25, 0.3) is 0 Å². The van der Waals surface area contributed by atoms with Crippen molar-refractivity contribution < 1.29 is 4.79 Å². The topological polar surface area (TPSA) is 32.3 Å². The third kappa shape index (κ3) is 7.00. The Kier molecular flexibility index (Phi) is 8.92. The molecule has 0 radical (unpaired) electrons. The second kappa shape index (κ2) is 10.4. The van der Waals surface area contributed by atoms with E-state index in [1.165, 1.54) is 51.4 Å². The van der Waals surface area contributed by atoms with Gasteiger partial charge in [0.2, 0.25) is 5.91 Å². The Morgan fingerprint density at radius 2 is 1.67 bits per heavy atom. The second-order valence-electron chi connectivity index (χ2n) is 5.39. The summed E-state index contributed by atoms with van der Waals surface area (Å²) in [6, 6.07) is 0. The Labute approximate surface area is 112 Å². The summed E-state index contributed by atoms with van der Waals surface area (Å²) in [4.78, 5) is 11.8. The number of carbonyl (C=O) groups is 1. The van der Waals surface area contributed by atoms with Crippen LogP contribution in [0.1, 0.15) is 77.6 Å². The maximum atomic E-state index is 11.8. The Morgan fingerprint density at radius 1 is 1.00 bits per heavy atom. The molecule has 1 saturated heterocycles. The van der Waals surface area contributed by atoms with Crippen LogP contribution in [-0.4, -0.2) is 24.0 Å². The molecular weight excluding hydrogens is 224 g/mol. The molecule has 1 N–H and O–H groups in total. The molecule has 1 amide bonds. The van der Waals surface area contributed by atoms with Crippen LogP contribution in [0.3, 0.4) is 0 Å². The van der Waals surface area contributed by atoms with Gasteiger partial charge >= 0.3 is 0 Å². The van der Waals surface area contributed by atoms with E-state index >= 15 is 0 Å². The molecule has 0 bridgehead atoms. The SMILES string of the molecule is CCCCCCCCCCC(=O)N1CCCCN1. The highest BCUT2D eigenvalue weighted by atomic mass is 16.2. The fourth-order valence-electron chi connectivity index (χ4n) is 2.45. The Bertz CT molecular complexity index is 213. The number of unbranched alkanes of at least 4 members (excludes halogenated alkanes) is 7. The number of hydrazine groups is 1. The molecule has 1 aliphatic rings. The van der Waals surface area contributed by atoms with Gasteiger partial charge in [0.05, 0.1) is 0 Å². The molecule has 3 heteroatoms. The van der Waals surface area contributed by atoms with Crippen molar-refractivity contribution >= 4 is 5.91 Å². The van der Waals surface area contributed by atoms with Gasteiger partial charge in [0, 0.05) is 19.5 Å². The lowest BCUT2D eigenvalue weighted by Gasteiger charge is -2.27. The van der Waals surface area contributed by atoms with E-state index in [1.807, 2.05) is 5.01 Å². The first-order valence-electron chi connectivity index (χ1n) is 7.88. The number of carbonyl (C=O) groups excluding carboxylic acids is 1. The number of hydrogen-bond donors (Lipinski definition) is 1. The second-order valence-corrected chi connectivity index (χ2v) is 5.39. The smallest absolute Gasteiger partial charge is 0.236 e. The minimum Gasteiger partial charge on any atom is -0.278 e. The molecule has 0 aromatic carbocycles. The van der Waals surface area contributed by atoms with E-state index in [1.54, 1.807) is 0 Å². The highest BCUT2D eigenvalue weighted by Gasteiger charge is 2.14. The summed E-state index contributed by atoms with van der Waals surface area (Å²) in [5.41, 5.74) is 3.18. The Hall–Kier alpha value is -0.570. The zero-order chi connectivity index (χ0) is 13.1. The standard InChI is InChI=1S/C15H30N2O/c1-2-3-4-5-6-7-8-9-12-15(18)17-14-11-10-13-16-17/h16H,2-14H2,1H3. The Morgan fingerprint density at radius 3 is 2.28 bits per heavy atom. The van der Waals surface area contributed by atoms with Crippen molar-refractivity contribution in [3.05, 3.63) is 0 Å². The van der Waals surface area contributed by atoms with E-state index < -0.39 is 0 Å². The summed E-state index contributed by atoms with van der Waals surface area (Å²) in [5.74, 6) is 0.292. The number of nitrogens with zero attached hydrogens (tertiary/aromatic N) is 1.